The third-order valence-electron chi connectivity index (χ3n) is 1.91. The lowest BCUT2D eigenvalue weighted by Crippen LogP contribution is -1.99. The molecule has 0 saturated heterocycles. The molecule has 2 heterocycles. The third-order valence-corrected chi connectivity index (χ3v) is 1.91. The van der Waals surface area contributed by atoms with Crippen molar-refractivity contribution >= 4 is 5.70 Å². The van der Waals surface area contributed by atoms with Gasteiger partial charge in [0.05, 0.1) is 12.2 Å². The van der Waals surface area contributed by atoms with Gasteiger partial charge in [0.15, 0.2) is 0 Å². The van der Waals surface area contributed by atoms with Crippen LogP contribution in [-0.2, 0) is 6.54 Å². The van der Waals surface area contributed by atoms with Gasteiger partial charge in [0.25, 0.3) is 0 Å². The van der Waals surface area contributed by atoms with Crippen LogP contribution in [-0.4, -0.2) is 4.98 Å². The number of rotatable bonds is 0. The molecule has 0 unspecified atom stereocenters. The number of nitrogens with zero attached hydrogens (tertiary/aromatic N) is 1. The fourth-order valence-corrected chi connectivity index (χ4v) is 1.31. The summed E-state index contributed by atoms with van der Waals surface area (Å²) in [5.74, 6) is 0. The van der Waals surface area contributed by atoms with E-state index >= 15 is 0 Å². The van der Waals surface area contributed by atoms with Gasteiger partial charge in [0.1, 0.15) is 0 Å². The van der Waals surface area contributed by atoms with E-state index in [1.807, 2.05) is 13.0 Å². The standard InChI is InChI=1S/C9H10N2/c1-6-3-4-8-7(2)10-5-9(8)11-6/h3-4,10H,2,5H2,1H3. The molecule has 0 aromatic carbocycles. The van der Waals surface area contributed by atoms with Crippen molar-refractivity contribution in [1.82, 2.24) is 10.3 Å². The average Bonchev–Trinajstić information content (AvgIpc) is 2.32. The lowest BCUT2D eigenvalue weighted by molar-refractivity contribution is 0.901. The first-order chi connectivity index (χ1) is 5.27. The summed E-state index contributed by atoms with van der Waals surface area (Å²) < 4.78 is 0. The number of aryl methyl sites for hydroxylation is 1. The van der Waals surface area contributed by atoms with Crippen molar-refractivity contribution in [3.05, 3.63) is 35.7 Å². The highest BCUT2D eigenvalue weighted by Gasteiger charge is 2.13. The van der Waals surface area contributed by atoms with Gasteiger partial charge in [-0.05, 0) is 19.1 Å². The van der Waals surface area contributed by atoms with Crippen LogP contribution in [0.1, 0.15) is 17.0 Å². The van der Waals surface area contributed by atoms with Gasteiger partial charge in [-0.2, -0.15) is 0 Å². The predicted molar refractivity (Wildman–Crippen MR) is 44.8 cm³/mol. The van der Waals surface area contributed by atoms with E-state index in [4.69, 9.17) is 0 Å². The number of hydrogen-bond acceptors (Lipinski definition) is 2. The molecule has 1 N–H and O–H groups in total. The van der Waals surface area contributed by atoms with Crippen LogP contribution in [0.4, 0.5) is 0 Å². The molecule has 2 rings (SSSR count). The van der Waals surface area contributed by atoms with Crippen molar-refractivity contribution in [1.29, 1.82) is 0 Å². The van der Waals surface area contributed by atoms with Gasteiger partial charge in [-0.3, -0.25) is 4.98 Å². The summed E-state index contributed by atoms with van der Waals surface area (Å²) >= 11 is 0. The Morgan fingerprint density at radius 2 is 2.36 bits per heavy atom. The molecule has 0 amide bonds. The molecule has 0 saturated carbocycles. The van der Waals surface area contributed by atoms with E-state index in [1.165, 1.54) is 0 Å². The molecule has 0 radical (unpaired) electrons. The first kappa shape index (κ1) is 6.40. The van der Waals surface area contributed by atoms with E-state index < -0.39 is 0 Å². The largest absolute Gasteiger partial charge is 0.379 e. The monoisotopic (exact) mass is 146 g/mol. The molecule has 56 valence electrons. The lowest BCUT2D eigenvalue weighted by atomic mass is 10.2. The van der Waals surface area contributed by atoms with Crippen LogP contribution in [0.5, 0.6) is 0 Å². The van der Waals surface area contributed by atoms with Crippen LogP contribution < -0.4 is 5.32 Å². The third kappa shape index (κ3) is 0.909. The average molecular weight is 146 g/mol. The van der Waals surface area contributed by atoms with Gasteiger partial charge in [0, 0.05) is 17.0 Å². The number of hydrogen-bond donors (Lipinski definition) is 1. The van der Waals surface area contributed by atoms with E-state index in [1.54, 1.807) is 0 Å². The molecular formula is C9H10N2. The Balaban J connectivity index is 2.59. The predicted octanol–water partition coefficient (Wildman–Crippen LogP) is 1.46. The van der Waals surface area contributed by atoms with Gasteiger partial charge in [-0.25, -0.2) is 0 Å². The fraction of sp³-hybridized carbons (Fsp3) is 0.222. The van der Waals surface area contributed by atoms with Crippen LogP contribution in [0.2, 0.25) is 0 Å². The Morgan fingerprint density at radius 1 is 1.55 bits per heavy atom. The molecule has 0 bridgehead atoms. The molecule has 2 heteroatoms. The second-order valence-corrected chi connectivity index (χ2v) is 2.78. The molecule has 1 aliphatic heterocycles. The van der Waals surface area contributed by atoms with Crippen LogP contribution in [0.25, 0.3) is 5.70 Å². The summed E-state index contributed by atoms with van der Waals surface area (Å²) in [6.07, 6.45) is 0. The number of fused-ring (bicyclic) bond motifs is 1. The SMILES string of the molecule is C=C1NCc2nc(C)ccc21. The quantitative estimate of drug-likeness (QED) is 0.599. The molecule has 2 nitrogen and oxygen atoms in total. The fourth-order valence-electron chi connectivity index (χ4n) is 1.31. The van der Waals surface area contributed by atoms with Crippen molar-refractivity contribution in [2.75, 3.05) is 0 Å². The summed E-state index contributed by atoms with van der Waals surface area (Å²) in [6, 6.07) is 4.08. The molecule has 11 heavy (non-hydrogen) atoms. The van der Waals surface area contributed by atoms with Crippen LogP contribution in [0.3, 0.4) is 0 Å². The minimum Gasteiger partial charge on any atom is -0.379 e. The maximum Gasteiger partial charge on any atom is 0.0690 e. The highest BCUT2D eigenvalue weighted by atomic mass is 14.9. The highest BCUT2D eigenvalue weighted by Crippen LogP contribution is 2.20. The summed E-state index contributed by atoms with van der Waals surface area (Å²) in [7, 11) is 0. The zero-order valence-electron chi connectivity index (χ0n) is 6.52. The van der Waals surface area contributed by atoms with Gasteiger partial charge < -0.3 is 5.32 Å². The van der Waals surface area contributed by atoms with Gasteiger partial charge >= 0.3 is 0 Å². The zero-order valence-corrected chi connectivity index (χ0v) is 6.52. The molecule has 0 aliphatic carbocycles. The van der Waals surface area contributed by atoms with Crippen LogP contribution >= 0.6 is 0 Å². The normalized spacial score (nSPS) is 14.5. The van der Waals surface area contributed by atoms with Crippen molar-refractivity contribution < 1.29 is 0 Å². The maximum atomic E-state index is 4.38. The summed E-state index contributed by atoms with van der Waals surface area (Å²) in [6.45, 7) is 6.70. The van der Waals surface area contributed by atoms with Crippen LogP contribution in [0, 0.1) is 6.92 Å². The second kappa shape index (κ2) is 2.09. The molecule has 1 aliphatic rings. The van der Waals surface area contributed by atoms with Crippen LogP contribution in [0.15, 0.2) is 18.7 Å². The highest BCUT2D eigenvalue weighted by molar-refractivity contribution is 5.67. The molecule has 1 aromatic heterocycles. The smallest absolute Gasteiger partial charge is 0.0690 e. The maximum absolute atomic E-state index is 4.38. The molecular weight excluding hydrogens is 136 g/mol. The first-order valence-electron chi connectivity index (χ1n) is 3.67. The van der Waals surface area contributed by atoms with Gasteiger partial charge in [0.2, 0.25) is 0 Å². The Hall–Kier alpha value is -1.31. The molecule has 0 spiro atoms. The first-order valence-corrected chi connectivity index (χ1v) is 3.67. The van der Waals surface area contributed by atoms with Crippen molar-refractivity contribution in [3.8, 4) is 0 Å². The Morgan fingerprint density at radius 3 is 3.18 bits per heavy atom. The van der Waals surface area contributed by atoms with Crippen molar-refractivity contribution in [3.63, 3.8) is 0 Å². The summed E-state index contributed by atoms with van der Waals surface area (Å²) in [5, 5.41) is 3.16. The summed E-state index contributed by atoms with van der Waals surface area (Å²) in [5.41, 5.74) is 4.35. The Bertz CT molecular complexity index is 315. The number of aromatic nitrogens is 1. The second-order valence-electron chi connectivity index (χ2n) is 2.78. The van der Waals surface area contributed by atoms with E-state index in [-0.39, 0.29) is 0 Å². The number of nitrogens with one attached hydrogen (secondary N) is 1. The van der Waals surface area contributed by atoms with Crippen molar-refractivity contribution in [2.24, 2.45) is 0 Å². The minimum absolute atomic E-state index is 0.829. The molecule has 1 aromatic rings. The van der Waals surface area contributed by atoms with Crippen molar-refractivity contribution in [2.45, 2.75) is 13.5 Å². The van der Waals surface area contributed by atoms with E-state index in [2.05, 4.69) is 22.9 Å². The Kier molecular flexibility index (Phi) is 1.22. The molecule has 0 fully saturated rings. The topological polar surface area (TPSA) is 24.9 Å². The minimum atomic E-state index is 0.829. The Labute approximate surface area is 66.0 Å². The van der Waals surface area contributed by atoms with E-state index in [0.29, 0.717) is 0 Å². The van der Waals surface area contributed by atoms with E-state index in [9.17, 15) is 0 Å². The van der Waals surface area contributed by atoms with Gasteiger partial charge in [-0.15, -0.1) is 0 Å². The zero-order chi connectivity index (χ0) is 7.84. The lowest BCUT2D eigenvalue weighted by Gasteiger charge is -1.97. The number of pyridine rings is 1. The van der Waals surface area contributed by atoms with Gasteiger partial charge in [-0.1, -0.05) is 6.58 Å². The summed E-state index contributed by atoms with van der Waals surface area (Å²) in [4.78, 5) is 4.38. The van der Waals surface area contributed by atoms with E-state index in [0.717, 1.165) is 29.2 Å². The molecule has 0 atom stereocenters.